The zero-order valence-corrected chi connectivity index (χ0v) is 16.7. The number of carbonyl (C=O) groups is 1. The molecular formula is C19H29Cl2N3O2. The number of rotatable bonds is 2. The summed E-state index contributed by atoms with van der Waals surface area (Å²) in [5.74, 6) is 1.70. The quantitative estimate of drug-likeness (QED) is 0.826. The van der Waals surface area contributed by atoms with Crippen molar-refractivity contribution in [1.82, 2.24) is 10.2 Å². The Morgan fingerprint density at radius 2 is 1.50 bits per heavy atom. The molecule has 3 saturated heterocycles. The summed E-state index contributed by atoms with van der Waals surface area (Å²) in [6.45, 7) is 7.46. The van der Waals surface area contributed by atoms with E-state index in [0.717, 1.165) is 82.7 Å². The molecule has 3 fully saturated rings. The number of carbonyl (C=O) groups excluding carboxylic acids is 1. The largest absolute Gasteiger partial charge is 0.378 e. The number of hydrogen-bond acceptors (Lipinski definition) is 4. The van der Waals surface area contributed by atoms with E-state index in [1.54, 1.807) is 0 Å². The first-order chi connectivity index (χ1) is 11.8. The second-order valence-corrected chi connectivity index (χ2v) is 7.19. The van der Waals surface area contributed by atoms with Gasteiger partial charge in [0.1, 0.15) is 0 Å². The number of hydrogen-bond donors (Lipinski definition) is 1. The third kappa shape index (κ3) is 4.63. The summed E-state index contributed by atoms with van der Waals surface area (Å²) in [5.41, 5.74) is 2.00. The fourth-order valence-corrected chi connectivity index (χ4v) is 4.24. The van der Waals surface area contributed by atoms with Crippen molar-refractivity contribution in [3.8, 4) is 0 Å². The Balaban J connectivity index is 0.00000121. The molecule has 1 aromatic rings. The number of nitrogens with zero attached hydrogens (tertiary/aromatic N) is 2. The first kappa shape index (κ1) is 21.3. The number of nitrogens with one attached hydrogen (secondary N) is 1. The van der Waals surface area contributed by atoms with Gasteiger partial charge in [0, 0.05) is 37.4 Å². The summed E-state index contributed by atoms with van der Waals surface area (Å²) in [4.78, 5) is 17.2. The van der Waals surface area contributed by atoms with Gasteiger partial charge in [0.05, 0.1) is 13.2 Å². The van der Waals surface area contributed by atoms with Gasteiger partial charge in [-0.3, -0.25) is 4.79 Å². The maximum atomic E-state index is 12.8. The van der Waals surface area contributed by atoms with Gasteiger partial charge in [0.2, 0.25) is 0 Å². The maximum Gasteiger partial charge on any atom is 0.253 e. The molecule has 0 bridgehead atoms. The van der Waals surface area contributed by atoms with Crippen LogP contribution in [-0.2, 0) is 4.74 Å². The minimum Gasteiger partial charge on any atom is -0.378 e. The number of fused-ring (bicyclic) bond motifs is 1. The average molecular weight is 402 g/mol. The van der Waals surface area contributed by atoms with Crippen LogP contribution in [0.4, 0.5) is 5.69 Å². The van der Waals surface area contributed by atoms with E-state index in [2.05, 4.69) is 27.2 Å². The van der Waals surface area contributed by atoms with Gasteiger partial charge < -0.3 is 19.9 Å². The van der Waals surface area contributed by atoms with Crippen LogP contribution < -0.4 is 10.2 Å². The first-order valence-electron chi connectivity index (χ1n) is 9.24. The molecule has 5 nitrogen and oxygen atoms in total. The number of benzene rings is 1. The first-order valence-corrected chi connectivity index (χ1v) is 9.24. The van der Waals surface area contributed by atoms with Crippen LogP contribution in [0.1, 0.15) is 23.2 Å². The maximum absolute atomic E-state index is 12.8. The molecule has 3 aliphatic heterocycles. The second-order valence-electron chi connectivity index (χ2n) is 7.19. The highest BCUT2D eigenvalue weighted by Crippen LogP contribution is 2.28. The van der Waals surface area contributed by atoms with Gasteiger partial charge in [-0.15, -0.1) is 24.8 Å². The summed E-state index contributed by atoms with van der Waals surface area (Å²) >= 11 is 0. The Kier molecular flexibility index (Phi) is 8.02. The fourth-order valence-electron chi connectivity index (χ4n) is 4.24. The predicted octanol–water partition coefficient (Wildman–Crippen LogP) is 2.44. The molecule has 146 valence electrons. The summed E-state index contributed by atoms with van der Waals surface area (Å²) in [5, 5.41) is 3.49. The van der Waals surface area contributed by atoms with Crippen LogP contribution in [0.25, 0.3) is 0 Å². The van der Waals surface area contributed by atoms with Crippen molar-refractivity contribution in [3.05, 3.63) is 29.8 Å². The van der Waals surface area contributed by atoms with Crippen molar-refractivity contribution >= 4 is 36.4 Å². The van der Waals surface area contributed by atoms with Gasteiger partial charge in [0.25, 0.3) is 5.91 Å². The molecule has 0 spiro atoms. The van der Waals surface area contributed by atoms with Crippen LogP contribution in [-0.4, -0.2) is 63.3 Å². The van der Waals surface area contributed by atoms with Gasteiger partial charge in [-0.2, -0.15) is 0 Å². The molecule has 0 aromatic heterocycles. The molecule has 1 N–H and O–H groups in total. The van der Waals surface area contributed by atoms with Gasteiger partial charge in [-0.05, 0) is 62.0 Å². The van der Waals surface area contributed by atoms with Crippen molar-refractivity contribution in [2.75, 3.05) is 57.4 Å². The van der Waals surface area contributed by atoms with Crippen LogP contribution in [0, 0.1) is 11.8 Å². The minimum absolute atomic E-state index is 0. The Morgan fingerprint density at radius 1 is 0.923 bits per heavy atom. The molecule has 2 atom stereocenters. The topological polar surface area (TPSA) is 44.8 Å². The van der Waals surface area contributed by atoms with Crippen LogP contribution in [0.2, 0.25) is 0 Å². The summed E-state index contributed by atoms with van der Waals surface area (Å²) in [7, 11) is 0. The van der Waals surface area contributed by atoms with Gasteiger partial charge >= 0.3 is 0 Å². The van der Waals surface area contributed by atoms with Gasteiger partial charge in [-0.1, -0.05) is 0 Å². The van der Waals surface area contributed by atoms with Crippen molar-refractivity contribution in [2.45, 2.75) is 12.8 Å². The molecular weight excluding hydrogens is 373 g/mol. The van der Waals surface area contributed by atoms with Crippen molar-refractivity contribution < 1.29 is 9.53 Å². The molecule has 4 rings (SSSR count). The van der Waals surface area contributed by atoms with Gasteiger partial charge in [-0.25, -0.2) is 0 Å². The fraction of sp³-hybridized carbons (Fsp3) is 0.632. The Hall–Kier alpha value is -1.01. The van der Waals surface area contributed by atoms with E-state index < -0.39 is 0 Å². The van der Waals surface area contributed by atoms with E-state index >= 15 is 0 Å². The van der Waals surface area contributed by atoms with Crippen molar-refractivity contribution in [2.24, 2.45) is 11.8 Å². The number of anilines is 1. The normalized spacial score (nSPS) is 25.5. The Bertz CT molecular complexity index is 565. The lowest BCUT2D eigenvalue weighted by Crippen LogP contribution is -2.36. The molecule has 3 aliphatic rings. The van der Waals surface area contributed by atoms with Crippen molar-refractivity contribution in [3.63, 3.8) is 0 Å². The lowest BCUT2D eigenvalue weighted by Gasteiger charge is -2.29. The van der Waals surface area contributed by atoms with E-state index in [1.807, 2.05) is 12.1 Å². The third-order valence-corrected chi connectivity index (χ3v) is 5.80. The van der Waals surface area contributed by atoms with E-state index in [0.29, 0.717) is 0 Å². The second kappa shape index (κ2) is 9.79. The summed E-state index contributed by atoms with van der Waals surface area (Å²) < 4.78 is 5.40. The molecule has 1 amide bonds. The van der Waals surface area contributed by atoms with Crippen LogP contribution in [0.3, 0.4) is 0 Å². The molecule has 7 heteroatoms. The third-order valence-electron chi connectivity index (χ3n) is 5.80. The number of amides is 1. The average Bonchev–Trinajstić information content (AvgIpc) is 3.00. The highest BCUT2D eigenvalue weighted by atomic mass is 35.5. The molecule has 26 heavy (non-hydrogen) atoms. The lowest BCUT2D eigenvalue weighted by atomic mass is 9.92. The Labute approximate surface area is 168 Å². The summed E-state index contributed by atoms with van der Waals surface area (Å²) in [6, 6.07) is 8.13. The van der Waals surface area contributed by atoms with Crippen LogP contribution >= 0.6 is 24.8 Å². The predicted molar refractivity (Wildman–Crippen MR) is 109 cm³/mol. The van der Waals surface area contributed by atoms with E-state index in [-0.39, 0.29) is 30.7 Å². The molecule has 0 unspecified atom stereocenters. The van der Waals surface area contributed by atoms with E-state index in [4.69, 9.17) is 4.74 Å². The molecule has 0 radical (unpaired) electrons. The van der Waals surface area contributed by atoms with E-state index in [1.165, 1.54) is 5.69 Å². The molecule has 0 saturated carbocycles. The highest BCUT2D eigenvalue weighted by molar-refractivity contribution is 5.94. The zero-order chi connectivity index (χ0) is 16.4. The lowest BCUT2D eigenvalue weighted by molar-refractivity contribution is 0.0758. The molecule has 1 aromatic carbocycles. The SMILES string of the molecule is Cl.Cl.O=C(c1ccc(N2CCOCC2)cc1)N1CC[C@@H]2CNC[C@@H]2CC1. The number of likely N-dealkylation sites (tertiary alicyclic amines) is 1. The monoisotopic (exact) mass is 401 g/mol. The highest BCUT2D eigenvalue weighted by Gasteiger charge is 2.31. The number of halogens is 2. The number of ether oxygens (including phenoxy) is 1. The minimum atomic E-state index is 0. The van der Waals surface area contributed by atoms with E-state index in [9.17, 15) is 4.79 Å². The Morgan fingerprint density at radius 3 is 2.08 bits per heavy atom. The van der Waals surface area contributed by atoms with Crippen LogP contribution in [0.15, 0.2) is 24.3 Å². The molecule has 0 aliphatic carbocycles. The molecule has 3 heterocycles. The zero-order valence-electron chi connectivity index (χ0n) is 15.1. The summed E-state index contributed by atoms with van der Waals surface area (Å²) in [6.07, 6.45) is 2.27. The van der Waals surface area contributed by atoms with Crippen molar-refractivity contribution in [1.29, 1.82) is 0 Å². The number of morpholine rings is 1. The van der Waals surface area contributed by atoms with Gasteiger partial charge in [0.15, 0.2) is 0 Å². The smallest absolute Gasteiger partial charge is 0.253 e. The standard InChI is InChI=1S/C19H27N3O2.2ClH/c23-19(22-7-5-16-13-20-14-17(16)6-8-22)15-1-3-18(4-2-15)21-9-11-24-12-10-21;;/h1-4,16-17,20H,5-14H2;2*1H/t16-,17+;;. The van der Waals surface area contributed by atoms with Crippen LogP contribution in [0.5, 0.6) is 0 Å².